The number of rotatable bonds is 9. The van der Waals surface area contributed by atoms with Gasteiger partial charge in [-0.1, -0.05) is 37.3 Å². The van der Waals surface area contributed by atoms with E-state index in [0.29, 0.717) is 13.0 Å². The van der Waals surface area contributed by atoms with Crippen molar-refractivity contribution < 1.29 is 9.90 Å². The van der Waals surface area contributed by atoms with E-state index in [0.717, 1.165) is 31.5 Å². The van der Waals surface area contributed by atoms with Crippen LogP contribution in [0, 0.1) is 0 Å². The Labute approximate surface area is 109 Å². The van der Waals surface area contributed by atoms with Gasteiger partial charge in [0.25, 0.3) is 0 Å². The third-order valence-electron chi connectivity index (χ3n) is 2.93. The first-order chi connectivity index (χ1) is 8.77. The first-order valence-electron chi connectivity index (χ1n) is 6.69. The normalized spacial score (nSPS) is 10.8. The van der Waals surface area contributed by atoms with Crippen LogP contribution in [-0.4, -0.2) is 42.0 Å². The second-order valence-electron chi connectivity index (χ2n) is 4.46. The number of benzene rings is 1. The van der Waals surface area contributed by atoms with Crippen molar-refractivity contribution >= 4 is 5.78 Å². The van der Waals surface area contributed by atoms with Gasteiger partial charge in [-0.25, -0.2) is 0 Å². The highest BCUT2D eigenvalue weighted by Crippen LogP contribution is 2.06. The largest absolute Gasteiger partial charge is 0.395 e. The van der Waals surface area contributed by atoms with Gasteiger partial charge in [-0.15, -0.1) is 0 Å². The number of hydrogen-bond donors (Lipinski definition) is 1. The molecule has 0 saturated heterocycles. The van der Waals surface area contributed by atoms with Crippen molar-refractivity contribution in [1.29, 1.82) is 0 Å². The van der Waals surface area contributed by atoms with Crippen LogP contribution >= 0.6 is 0 Å². The fourth-order valence-corrected chi connectivity index (χ4v) is 2.02. The molecule has 0 fully saturated rings. The molecule has 3 heteroatoms. The fourth-order valence-electron chi connectivity index (χ4n) is 2.02. The lowest BCUT2D eigenvalue weighted by molar-refractivity contribution is 0.0973. The molecule has 18 heavy (non-hydrogen) atoms. The number of carbonyl (C=O) groups is 1. The molecule has 100 valence electrons. The monoisotopic (exact) mass is 249 g/mol. The second-order valence-corrected chi connectivity index (χ2v) is 4.46. The van der Waals surface area contributed by atoms with Crippen molar-refractivity contribution in [2.75, 3.05) is 26.2 Å². The van der Waals surface area contributed by atoms with E-state index in [1.807, 2.05) is 30.3 Å². The minimum Gasteiger partial charge on any atom is -0.395 e. The molecule has 1 aromatic rings. The molecule has 0 spiro atoms. The van der Waals surface area contributed by atoms with Gasteiger partial charge in [-0.3, -0.25) is 4.79 Å². The lowest BCUT2D eigenvalue weighted by Gasteiger charge is -2.19. The van der Waals surface area contributed by atoms with Crippen LogP contribution in [-0.2, 0) is 0 Å². The molecule has 1 rings (SSSR count). The van der Waals surface area contributed by atoms with Gasteiger partial charge in [-0.2, -0.15) is 0 Å². The molecule has 3 nitrogen and oxygen atoms in total. The van der Waals surface area contributed by atoms with Crippen molar-refractivity contribution in [2.45, 2.75) is 26.2 Å². The van der Waals surface area contributed by atoms with Gasteiger partial charge in [0.1, 0.15) is 0 Å². The minimum absolute atomic E-state index is 0.187. The maximum Gasteiger partial charge on any atom is 0.162 e. The van der Waals surface area contributed by atoms with Gasteiger partial charge in [-0.05, 0) is 25.9 Å². The van der Waals surface area contributed by atoms with Crippen LogP contribution in [0.4, 0.5) is 0 Å². The van der Waals surface area contributed by atoms with Crippen LogP contribution in [0.3, 0.4) is 0 Å². The average Bonchev–Trinajstić information content (AvgIpc) is 2.40. The van der Waals surface area contributed by atoms with E-state index in [-0.39, 0.29) is 12.4 Å². The number of ketones is 1. The summed E-state index contributed by atoms with van der Waals surface area (Å²) in [5.41, 5.74) is 0.793. The van der Waals surface area contributed by atoms with Crippen molar-refractivity contribution in [3.8, 4) is 0 Å². The molecule has 0 aliphatic rings. The molecule has 0 saturated carbocycles. The van der Waals surface area contributed by atoms with E-state index in [1.165, 1.54) is 0 Å². The number of hydrogen-bond acceptors (Lipinski definition) is 3. The van der Waals surface area contributed by atoms with Crippen LogP contribution in [0.15, 0.2) is 30.3 Å². The Kier molecular flexibility index (Phi) is 7.30. The Morgan fingerprint density at radius 2 is 1.89 bits per heavy atom. The highest BCUT2D eigenvalue weighted by atomic mass is 16.3. The highest BCUT2D eigenvalue weighted by Gasteiger charge is 2.07. The summed E-state index contributed by atoms with van der Waals surface area (Å²) < 4.78 is 0. The molecule has 0 amide bonds. The maximum atomic E-state index is 11.9. The summed E-state index contributed by atoms with van der Waals surface area (Å²) >= 11 is 0. The summed E-state index contributed by atoms with van der Waals surface area (Å²) in [6, 6.07) is 9.42. The highest BCUT2D eigenvalue weighted by molar-refractivity contribution is 5.95. The molecule has 1 aromatic carbocycles. The summed E-state index contributed by atoms with van der Waals surface area (Å²) in [5.74, 6) is 0.205. The first kappa shape index (κ1) is 14.9. The molecular weight excluding hydrogens is 226 g/mol. The van der Waals surface area contributed by atoms with E-state index in [2.05, 4.69) is 11.8 Å². The number of aliphatic hydroxyl groups excluding tert-OH is 1. The quantitative estimate of drug-likeness (QED) is 0.683. The molecule has 0 aromatic heterocycles. The number of nitrogens with zero attached hydrogens (tertiary/aromatic N) is 1. The van der Waals surface area contributed by atoms with Gasteiger partial charge >= 0.3 is 0 Å². The van der Waals surface area contributed by atoms with Crippen LogP contribution in [0.1, 0.15) is 36.5 Å². The van der Waals surface area contributed by atoms with Crippen LogP contribution in [0.2, 0.25) is 0 Å². The Morgan fingerprint density at radius 3 is 2.50 bits per heavy atom. The molecule has 0 atom stereocenters. The van der Waals surface area contributed by atoms with Crippen molar-refractivity contribution in [2.24, 2.45) is 0 Å². The lowest BCUT2D eigenvalue weighted by atomic mass is 10.1. The molecule has 1 N–H and O–H groups in total. The third kappa shape index (κ3) is 5.43. The maximum absolute atomic E-state index is 11.9. The van der Waals surface area contributed by atoms with E-state index in [4.69, 9.17) is 5.11 Å². The van der Waals surface area contributed by atoms with Gasteiger partial charge in [0.15, 0.2) is 5.78 Å². The van der Waals surface area contributed by atoms with Crippen LogP contribution in [0.25, 0.3) is 0 Å². The molecule has 0 aliphatic heterocycles. The smallest absolute Gasteiger partial charge is 0.162 e. The van der Waals surface area contributed by atoms with Crippen LogP contribution in [0.5, 0.6) is 0 Å². The Balaban J connectivity index is 2.30. The topological polar surface area (TPSA) is 40.5 Å². The Hall–Kier alpha value is -1.19. The van der Waals surface area contributed by atoms with Crippen molar-refractivity contribution in [1.82, 2.24) is 4.90 Å². The van der Waals surface area contributed by atoms with Crippen LogP contribution < -0.4 is 0 Å². The SMILES string of the molecule is CCCN(CCO)CCCC(=O)c1ccccc1. The molecule has 0 bridgehead atoms. The molecule has 0 unspecified atom stereocenters. The fraction of sp³-hybridized carbons (Fsp3) is 0.533. The van der Waals surface area contributed by atoms with Gasteiger partial charge in [0.2, 0.25) is 0 Å². The van der Waals surface area contributed by atoms with E-state index in [1.54, 1.807) is 0 Å². The molecule has 0 heterocycles. The van der Waals surface area contributed by atoms with E-state index >= 15 is 0 Å². The zero-order chi connectivity index (χ0) is 13.2. The zero-order valence-electron chi connectivity index (χ0n) is 11.1. The molecular formula is C15H23NO2. The predicted molar refractivity (Wildman–Crippen MR) is 73.8 cm³/mol. The number of carbonyl (C=O) groups excluding carboxylic acids is 1. The number of Topliss-reactive ketones (excluding diaryl/α,β-unsaturated/α-hetero) is 1. The summed E-state index contributed by atoms with van der Waals surface area (Å²) in [7, 11) is 0. The third-order valence-corrected chi connectivity index (χ3v) is 2.93. The van der Waals surface area contributed by atoms with Gasteiger partial charge < -0.3 is 10.0 Å². The summed E-state index contributed by atoms with van der Waals surface area (Å²) in [6.45, 7) is 4.88. The molecule has 0 aliphatic carbocycles. The summed E-state index contributed by atoms with van der Waals surface area (Å²) in [6.07, 6.45) is 2.51. The summed E-state index contributed by atoms with van der Waals surface area (Å²) in [5, 5.41) is 8.94. The van der Waals surface area contributed by atoms with Gasteiger partial charge in [0.05, 0.1) is 6.61 Å². The molecule has 0 radical (unpaired) electrons. The zero-order valence-corrected chi connectivity index (χ0v) is 11.1. The predicted octanol–water partition coefficient (Wildman–Crippen LogP) is 2.35. The minimum atomic E-state index is 0.187. The first-order valence-corrected chi connectivity index (χ1v) is 6.69. The average molecular weight is 249 g/mol. The van der Waals surface area contributed by atoms with Gasteiger partial charge in [0, 0.05) is 18.5 Å². The Bertz CT molecular complexity index is 332. The standard InChI is InChI=1S/C15H23NO2/c1-2-10-16(12-13-17)11-6-9-15(18)14-7-4-3-5-8-14/h3-5,7-8,17H,2,6,9-13H2,1H3. The van der Waals surface area contributed by atoms with E-state index in [9.17, 15) is 4.79 Å². The second kappa shape index (κ2) is 8.84. The number of aliphatic hydroxyl groups is 1. The Morgan fingerprint density at radius 1 is 1.17 bits per heavy atom. The van der Waals surface area contributed by atoms with Crippen molar-refractivity contribution in [3.05, 3.63) is 35.9 Å². The lowest BCUT2D eigenvalue weighted by Crippen LogP contribution is -2.29. The van der Waals surface area contributed by atoms with E-state index < -0.39 is 0 Å². The summed E-state index contributed by atoms with van der Waals surface area (Å²) in [4.78, 5) is 14.1. The van der Waals surface area contributed by atoms with Crippen molar-refractivity contribution in [3.63, 3.8) is 0 Å².